The second kappa shape index (κ2) is 6.88. The minimum atomic E-state index is -0.340. The maximum atomic E-state index is 12.6. The number of amides is 1. The molecule has 1 aromatic heterocycles. The highest BCUT2D eigenvalue weighted by atomic mass is 16.3. The molecule has 25 heavy (non-hydrogen) atoms. The summed E-state index contributed by atoms with van der Waals surface area (Å²) in [5.41, 5.74) is -0.236. The van der Waals surface area contributed by atoms with Gasteiger partial charge in [-0.2, -0.15) is 0 Å². The van der Waals surface area contributed by atoms with Crippen LogP contribution in [0.3, 0.4) is 0 Å². The van der Waals surface area contributed by atoms with E-state index in [0.717, 1.165) is 38.9 Å². The summed E-state index contributed by atoms with van der Waals surface area (Å²) in [5.74, 6) is 1.86. The molecule has 2 heterocycles. The second-order valence-electron chi connectivity index (χ2n) is 7.70. The number of H-pyrrole nitrogens is 1. The molecule has 0 bridgehead atoms. The molecule has 1 amide bonds. The molecule has 3 fully saturated rings. The quantitative estimate of drug-likeness (QED) is 0.667. The fourth-order valence-corrected chi connectivity index (χ4v) is 3.93. The van der Waals surface area contributed by atoms with E-state index < -0.39 is 0 Å². The Balaban J connectivity index is 1.43. The van der Waals surface area contributed by atoms with Gasteiger partial charge in [-0.15, -0.1) is 0 Å². The molecule has 1 aliphatic heterocycles. The molecular weight excluding hydrogens is 320 g/mol. The fourth-order valence-electron chi connectivity index (χ4n) is 3.93. The van der Waals surface area contributed by atoms with Crippen LogP contribution in [0.15, 0.2) is 11.0 Å². The van der Waals surface area contributed by atoms with Crippen LogP contribution in [0.25, 0.3) is 0 Å². The van der Waals surface area contributed by atoms with Crippen LogP contribution >= 0.6 is 0 Å². The molecule has 7 nitrogen and oxygen atoms in total. The zero-order chi connectivity index (χ0) is 17.4. The Bertz CT molecular complexity index is 696. The largest absolute Gasteiger partial charge is 0.396 e. The number of aromatic nitrogens is 2. The van der Waals surface area contributed by atoms with Crippen LogP contribution in [0.1, 0.15) is 54.2 Å². The molecule has 136 valence electrons. The summed E-state index contributed by atoms with van der Waals surface area (Å²) in [6.07, 6.45) is 6.75. The summed E-state index contributed by atoms with van der Waals surface area (Å²) in [6, 6.07) is 0.0706. The summed E-state index contributed by atoms with van der Waals surface area (Å²) in [7, 11) is 0. The molecule has 0 unspecified atom stereocenters. The summed E-state index contributed by atoms with van der Waals surface area (Å²) in [4.78, 5) is 34.2. The Hall–Kier alpha value is -1.73. The van der Waals surface area contributed by atoms with Gasteiger partial charge in [-0.1, -0.05) is 0 Å². The SMILES string of the molecule is O=C(N[C@H]1CN(CCCO)C[C@@H]1C1CC1)c1cnc(C2CC2)[nH]c1=O. The maximum Gasteiger partial charge on any atom is 0.263 e. The molecule has 2 saturated carbocycles. The Labute approximate surface area is 146 Å². The minimum Gasteiger partial charge on any atom is -0.396 e. The molecule has 0 radical (unpaired) electrons. The Kier molecular flexibility index (Phi) is 4.60. The monoisotopic (exact) mass is 346 g/mol. The van der Waals surface area contributed by atoms with Crippen molar-refractivity contribution in [1.82, 2.24) is 20.2 Å². The lowest BCUT2D eigenvalue weighted by atomic mass is 9.98. The van der Waals surface area contributed by atoms with Gasteiger partial charge in [0.2, 0.25) is 0 Å². The highest BCUT2D eigenvalue weighted by Gasteiger charge is 2.43. The number of carbonyl (C=O) groups is 1. The molecule has 7 heteroatoms. The van der Waals surface area contributed by atoms with E-state index in [0.29, 0.717) is 23.6 Å². The third kappa shape index (κ3) is 3.77. The van der Waals surface area contributed by atoms with Gasteiger partial charge < -0.3 is 20.3 Å². The molecule has 2 atom stereocenters. The van der Waals surface area contributed by atoms with E-state index in [9.17, 15) is 9.59 Å². The van der Waals surface area contributed by atoms with Gasteiger partial charge in [0.05, 0.1) is 0 Å². The standard InChI is InChI=1S/C18H26N4O3/c23-7-1-6-22-9-14(11-2-3-11)15(10-22)20-17(24)13-8-19-16(12-4-5-12)21-18(13)25/h8,11-12,14-15,23H,1-7,9-10H2,(H,20,24)(H,19,21,25)/t14-,15+/m1/s1. The van der Waals surface area contributed by atoms with Crippen molar-refractivity contribution in [3.63, 3.8) is 0 Å². The smallest absolute Gasteiger partial charge is 0.263 e. The van der Waals surface area contributed by atoms with Crippen LogP contribution < -0.4 is 10.9 Å². The Morgan fingerprint density at radius 3 is 2.76 bits per heavy atom. The number of nitrogens with zero attached hydrogens (tertiary/aromatic N) is 2. The first kappa shape index (κ1) is 16.7. The molecule has 0 aromatic carbocycles. The minimum absolute atomic E-state index is 0.0706. The van der Waals surface area contributed by atoms with Crippen molar-refractivity contribution in [1.29, 1.82) is 0 Å². The molecule has 3 aliphatic rings. The van der Waals surface area contributed by atoms with Gasteiger partial charge in [0.25, 0.3) is 11.5 Å². The molecule has 3 N–H and O–H groups in total. The van der Waals surface area contributed by atoms with Crippen LogP contribution in [0.2, 0.25) is 0 Å². The average molecular weight is 346 g/mol. The van der Waals surface area contributed by atoms with Crippen molar-refractivity contribution in [2.24, 2.45) is 11.8 Å². The summed E-state index contributed by atoms with van der Waals surface area (Å²) < 4.78 is 0. The normalized spacial score (nSPS) is 26.8. The first-order chi connectivity index (χ1) is 12.2. The molecule has 1 aromatic rings. The number of carbonyl (C=O) groups excluding carboxylic acids is 1. The second-order valence-corrected chi connectivity index (χ2v) is 7.70. The summed E-state index contributed by atoms with van der Waals surface area (Å²) >= 11 is 0. The van der Waals surface area contributed by atoms with Crippen molar-refractivity contribution in [2.45, 2.75) is 44.1 Å². The van der Waals surface area contributed by atoms with Crippen LogP contribution in [0.5, 0.6) is 0 Å². The van der Waals surface area contributed by atoms with E-state index in [1.807, 2.05) is 0 Å². The van der Waals surface area contributed by atoms with Crippen LogP contribution in [-0.2, 0) is 0 Å². The lowest BCUT2D eigenvalue weighted by Gasteiger charge is -2.19. The average Bonchev–Trinajstić information content (AvgIpc) is 3.51. The number of likely N-dealkylation sites (tertiary alicyclic amines) is 1. The third-order valence-corrected chi connectivity index (χ3v) is 5.64. The van der Waals surface area contributed by atoms with Gasteiger partial charge in [-0.3, -0.25) is 9.59 Å². The number of hydrogen-bond donors (Lipinski definition) is 3. The molecule has 4 rings (SSSR count). The molecule has 0 spiro atoms. The van der Waals surface area contributed by atoms with E-state index in [2.05, 4.69) is 20.2 Å². The van der Waals surface area contributed by atoms with E-state index in [-0.39, 0.29) is 29.7 Å². The van der Waals surface area contributed by atoms with Crippen LogP contribution in [-0.4, -0.2) is 58.2 Å². The number of rotatable bonds is 7. The van der Waals surface area contributed by atoms with Crippen molar-refractivity contribution in [3.05, 3.63) is 27.9 Å². The highest BCUT2D eigenvalue weighted by molar-refractivity contribution is 5.93. The topological polar surface area (TPSA) is 98.3 Å². The number of aliphatic hydroxyl groups is 1. The van der Waals surface area contributed by atoms with E-state index in [4.69, 9.17) is 5.11 Å². The van der Waals surface area contributed by atoms with Crippen LogP contribution in [0, 0.1) is 11.8 Å². The van der Waals surface area contributed by atoms with E-state index >= 15 is 0 Å². The zero-order valence-electron chi connectivity index (χ0n) is 14.4. The van der Waals surface area contributed by atoms with E-state index in [1.165, 1.54) is 19.0 Å². The van der Waals surface area contributed by atoms with Crippen molar-refractivity contribution >= 4 is 5.91 Å². The zero-order valence-corrected chi connectivity index (χ0v) is 14.4. The van der Waals surface area contributed by atoms with Gasteiger partial charge in [-0.05, 0) is 43.9 Å². The molecule has 1 saturated heterocycles. The highest BCUT2D eigenvalue weighted by Crippen LogP contribution is 2.41. The number of aromatic amines is 1. The van der Waals surface area contributed by atoms with Gasteiger partial charge >= 0.3 is 0 Å². The molecule has 2 aliphatic carbocycles. The summed E-state index contributed by atoms with van der Waals surface area (Å²) in [5, 5.41) is 12.1. The predicted molar refractivity (Wildman–Crippen MR) is 92.4 cm³/mol. The van der Waals surface area contributed by atoms with Gasteiger partial charge in [0.15, 0.2) is 0 Å². The lowest BCUT2D eigenvalue weighted by Crippen LogP contribution is -2.43. The summed E-state index contributed by atoms with van der Waals surface area (Å²) in [6.45, 7) is 2.80. The molecular formula is C18H26N4O3. The first-order valence-corrected chi connectivity index (χ1v) is 9.39. The third-order valence-electron chi connectivity index (χ3n) is 5.64. The van der Waals surface area contributed by atoms with Crippen molar-refractivity contribution in [3.8, 4) is 0 Å². The van der Waals surface area contributed by atoms with Gasteiger partial charge in [0.1, 0.15) is 11.4 Å². The van der Waals surface area contributed by atoms with Crippen molar-refractivity contribution in [2.75, 3.05) is 26.2 Å². The van der Waals surface area contributed by atoms with E-state index in [1.54, 1.807) is 0 Å². The van der Waals surface area contributed by atoms with Gasteiger partial charge in [0, 0.05) is 44.4 Å². The van der Waals surface area contributed by atoms with Gasteiger partial charge in [-0.25, -0.2) is 4.98 Å². The Morgan fingerprint density at radius 2 is 2.12 bits per heavy atom. The van der Waals surface area contributed by atoms with Crippen LogP contribution in [0.4, 0.5) is 0 Å². The number of nitrogens with one attached hydrogen (secondary N) is 2. The lowest BCUT2D eigenvalue weighted by molar-refractivity contribution is 0.0925. The maximum absolute atomic E-state index is 12.6. The Morgan fingerprint density at radius 1 is 1.32 bits per heavy atom. The predicted octanol–water partition coefficient (Wildman–Crippen LogP) is 0.470. The number of aliphatic hydroxyl groups excluding tert-OH is 1. The fraction of sp³-hybridized carbons (Fsp3) is 0.722. The van der Waals surface area contributed by atoms with Crippen molar-refractivity contribution < 1.29 is 9.90 Å². The first-order valence-electron chi connectivity index (χ1n) is 9.39. The number of hydrogen-bond acceptors (Lipinski definition) is 5.